The topological polar surface area (TPSA) is 79.5 Å². The number of carboxylic acids is 1. The highest BCUT2D eigenvalue weighted by Gasteiger charge is 2.12. The molecule has 0 saturated carbocycles. The van der Waals surface area contributed by atoms with Gasteiger partial charge in [-0.15, -0.1) is 11.3 Å². The number of hydrogen-bond donors (Lipinski definition) is 2. The molecule has 2 aromatic rings. The van der Waals surface area contributed by atoms with E-state index in [-0.39, 0.29) is 5.56 Å². The van der Waals surface area contributed by atoms with Gasteiger partial charge in [0, 0.05) is 6.08 Å². The third kappa shape index (κ3) is 3.32. The summed E-state index contributed by atoms with van der Waals surface area (Å²) in [5.41, 5.74) is 0.0839. The molecule has 0 radical (unpaired) electrons. The molecule has 0 aromatic carbocycles. The second-order valence-electron chi connectivity index (χ2n) is 3.74. The van der Waals surface area contributed by atoms with Gasteiger partial charge in [0.1, 0.15) is 16.5 Å². The SMILES string of the molecule is Cc1ccc(/C=C/C(=O)Nc2sccc2C(=O)O)o1. The second kappa shape index (κ2) is 5.53. The summed E-state index contributed by atoms with van der Waals surface area (Å²) < 4.78 is 5.27. The van der Waals surface area contributed by atoms with E-state index in [0.717, 1.165) is 17.1 Å². The van der Waals surface area contributed by atoms with Crippen LogP contribution in [0.1, 0.15) is 21.9 Å². The number of amides is 1. The van der Waals surface area contributed by atoms with Gasteiger partial charge in [0.05, 0.1) is 5.56 Å². The molecule has 19 heavy (non-hydrogen) atoms. The summed E-state index contributed by atoms with van der Waals surface area (Å²) in [6.07, 6.45) is 2.82. The smallest absolute Gasteiger partial charge is 0.338 e. The van der Waals surface area contributed by atoms with Gasteiger partial charge >= 0.3 is 5.97 Å². The Balaban J connectivity index is 2.03. The Bertz CT molecular complexity index is 639. The van der Waals surface area contributed by atoms with Crippen LogP contribution in [0.3, 0.4) is 0 Å². The Morgan fingerprint density at radius 1 is 1.37 bits per heavy atom. The van der Waals surface area contributed by atoms with E-state index in [9.17, 15) is 9.59 Å². The third-order valence-electron chi connectivity index (χ3n) is 2.29. The van der Waals surface area contributed by atoms with E-state index in [2.05, 4.69) is 5.32 Å². The molecule has 0 fully saturated rings. The van der Waals surface area contributed by atoms with Crippen molar-refractivity contribution >= 4 is 34.3 Å². The molecule has 2 heterocycles. The van der Waals surface area contributed by atoms with Crippen LogP contribution < -0.4 is 5.32 Å². The van der Waals surface area contributed by atoms with Crippen molar-refractivity contribution in [3.63, 3.8) is 0 Å². The van der Waals surface area contributed by atoms with Crippen LogP contribution in [0.25, 0.3) is 6.08 Å². The van der Waals surface area contributed by atoms with Crippen LogP contribution in [0.5, 0.6) is 0 Å². The zero-order valence-electron chi connectivity index (χ0n) is 10.0. The second-order valence-corrected chi connectivity index (χ2v) is 4.66. The molecule has 0 spiro atoms. The quantitative estimate of drug-likeness (QED) is 0.842. The number of carbonyl (C=O) groups is 2. The van der Waals surface area contributed by atoms with Gasteiger partial charge in [0.2, 0.25) is 5.91 Å². The Kier molecular flexibility index (Phi) is 3.82. The fourth-order valence-corrected chi connectivity index (χ4v) is 2.21. The molecule has 0 aliphatic carbocycles. The summed E-state index contributed by atoms with van der Waals surface area (Å²) in [6.45, 7) is 1.81. The van der Waals surface area contributed by atoms with Gasteiger partial charge in [0.25, 0.3) is 0 Å². The number of carbonyl (C=O) groups excluding carboxylic acids is 1. The molecule has 98 valence electrons. The van der Waals surface area contributed by atoms with Gasteiger partial charge < -0.3 is 14.8 Å². The number of aromatic carboxylic acids is 1. The summed E-state index contributed by atoms with van der Waals surface area (Å²) in [7, 11) is 0. The number of nitrogens with one attached hydrogen (secondary N) is 1. The lowest BCUT2D eigenvalue weighted by molar-refractivity contribution is -0.111. The Morgan fingerprint density at radius 2 is 2.16 bits per heavy atom. The van der Waals surface area contributed by atoms with Crippen LogP contribution >= 0.6 is 11.3 Å². The minimum absolute atomic E-state index is 0.0839. The van der Waals surface area contributed by atoms with Crippen molar-refractivity contribution in [1.29, 1.82) is 0 Å². The summed E-state index contributed by atoms with van der Waals surface area (Å²) in [4.78, 5) is 22.5. The Labute approximate surface area is 113 Å². The maximum Gasteiger partial charge on any atom is 0.338 e. The average Bonchev–Trinajstić information content (AvgIpc) is 2.95. The number of hydrogen-bond acceptors (Lipinski definition) is 4. The zero-order chi connectivity index (χ0) is 13.8. The maximum atomic E-state index is 11.6. The highest BCUT2D eigenvalue weighted by Crippen LogP contribution is 2.23. The fourth-order valence-electron chi connectivity index (χ4n) is 1.43. The predicted molar refractivity (Wildman–Crippen MR) is 72.4 cm³/mol. The summed E-state index contributed by atoms with van der Waals surface area (Å²) in [5, 5.41) is 13.3. The van der Waals surface area contributed by atoms with E-state index >= 15 is 0 Å². The van der Waals surface area contributed by atoms with Crippen molar-refractivity contribution in [3.8, 4) is 0 Å². The summed E-state index contributed by atoms with van der Waals surface area (Å²) >= 11 is 1.16. The maximum absolute atomic E-state index is 11.6. The number of furan rings is 1. The molecule has 0 atom stereocenters. The lowest BCUT2D eigenvalue weighted by atomic mass is 10.3. The molecule has 1 amide bonds. The van der Waals surface area contributed by atoms with Crippen molar-refractivity contribution in [2.45, 2.75) is 6.92 Å². The lowest BCUT2D eigenvalue weighted by Gasteiger charge is -1.99. The van der Waals surface area contributed by atoms with Crippen molar-refractivity contribution in [2.75, 3.05) is 5.32 Å². The number of anilines is 1. The molecule has 0 saturated heterocycles. The fraction of sp³-hybridized carbons (Fsp3) is 0.0769. The van der Waals surface area contributed by atoms with Gasteiger partial charge in [-0.05, 0) is 36.6 Å². The minimum atomic E-state index is -1.07. The van der Waals surface area contributed by atoms with Gasteiger partial charge in [0.15, 0.2) is 0 Å². The van der Waals surface area contributed by atoms with E-state index < -0.39 is 11.9 Å². The molecule has 0 unspecified atom stereocenters. The molecule has 2 N–H and O–H groups in total. The molecule has 0 aliphatic rings. The molecule has 2 rings (SSSR count). The van der Waals surface area contributed by atoms with Gasteiger partial charge in [-0.25, -0.2) is 4.79 Å². The largest absolute Gasteiger partial charge is 0.478 e. The molecule has 0 aliphatic heterocycles. The van der Waals surface area contributed by atoms with Gasteiger partial charge in [-0.2, -0.15) is 0 Å². The molecular weight excluding hydrogens is 266 g/mol. The van der Waals surface area contributed by atoms with Crippen LogP contribution in [0.2, 0.25) is 0 Å². The third-order valence-corrected chi connectivity index (χ3v) is 3.12. The van der Waals surface area contributed by atoms with Crippen molar-refractivity contribution in [1.82, 2.24) is 0 Å². The first kappa shape index (κ1) is 13.1. The number of rotatable bonds is 4. The normalized spacial score (nSPS) is 10.8. The van der Waals surface area contributed by atoms with E-state index in [1.807, 2.05) is 6.92 Å². The highest BCUT2D eigenvalue weighted by molar-refractivity contribution is 7.14. The number of carboxylic acid groups (broad SMARTS) is 1. The van der Waals surface area contributed by atoms with Gasteiger partial charge in [-0.3, -0.25) is 4.79 Å². The first-order valence-electron chi connectivity index (χ1n) is 5.42. The Hall–Kier alpha value is -2.34. The van der Waals surface area contributed by atoms with Crippen LogP contribution in [0, 0.1) is 6.92 Å². The lowest BCUT2D eigenvalue weighted by Crippen LogP contribution is -2.09. The predicted octanol–water partition coefficient (Wildman–Crippen LogP) is 3.00. The number of thiophene rings is 1. The van der Waals surface area contributed by atoms with Crippen molar-refractivity contribution in [3.05, 3.63) is 46.7 Å². The molecule has 6 heteroatoms. The molecule has 5 nitrogen and oxygen atoms in total. The average molecular weight is 277 g/mol. The van der Waals surface area contributed by atoms with Crippen LogP contribution in [-0.2, 0) is 4.79 Å². The van der Waals surface area contributed by atoms with E-state index in [4.69, 9.17) is 9.52 Å². The first-order chi connectivity index (χ1) is 9.06. The van der Waals surface area contributed by atoms with Gasteiger partial charge in [-0.1, -0.05) is 0 Å². The van der Waals surface area contributed by atoms with Crippen LogP contribution in [0.4, 0.5) is 5.00 Å². The van der Waals surface area contributed by atoms with Crippen LogP contribution in [-0.4, -0.2) is 17.0 Å². The highest BCUT2D eigenvalue weighted by atomic mass is 32.1. The number of aryl methyl sites for hydroxylation is 1. The van der Waals surface area contributed by atoms with Crippen molar-refractivity contribution < 1.29 is 19.1 Å². The van der Waals surface area contributed by atoms with Crippen LogP contribution in [0.15, 0.2) is 34.1 Å². The standard InChI is InChI=1S/C13H11NO4S/c1-8-2-3-9(18-8)4-5-11(15)14-12-10(13(16)17)6-7-19-12/h2-7H,1H3,(H,14,15)(H,16,17)/b5-4+. The summed E-state index contributed by atoms with van der Waals surface area (Å²) in [5.74, 6) is -0.148. The molecular formula is C13H11NO4S. The Morgan fingerprint density at radius 3 is 2.79 bits per heavy atom. The van der Waals surface area contributed by atoms with E-state index in [1.54, 1.807) is 17.5 Å². The monoisotopic (exact) mass is 277 g/mol. The minimum Gasteiger partial charge on any atom is -0.478 e. The van der Waals surface area contributed by atoms with Crippen molar-refractivity contribution in [2.24, 2.45) is 0 Å². The summed E-state index contributed by atoms with van der Waals surface area (Å²) in [6, 6.07) is 4.98. The van der Waals surface area contributed by atoms with E-state index in [0.29, 0.717) is 10.8 Å². The van der Waals surface area contributed by atoms with E-state index in [1.165, 1.54) is 18.2 Å². The molecule has 2 aromatic heterocycles. The first-order valence-corrected chi connectivity index (χ1v) is 6.30. The zero-order valence-corrected chi connectivity index (χ0v) is 10.9. The molecule has 0 bridgehead atoms.